The van der Waals surface area contributed by atoms with Crippen molar-refractivity contribution in [3.8, 4) is 0 Å². The molecule has 0 saturated heterocycles. The molecule has 0 aliphatic heterocycles. The third-order valence-electron chi connectivity index (χ3n) is 0.451. The van der Waals surface area contributed by atoms with E-state index in [2.05, 4.69) is 5.09 Å². The van der Waals surface area contributed by atoms with Crippen LogP contribution in [0.3, 0.4) is 0 Å². The van der Waals surface area contributed by atoms with Gasteiger partial charge in [-0.25, -0.2) is 5.09 Å². The summed E-state index contributed by atoms with van der Waals surface area (Å²) in [5, 5.41) is 2.40. The van der Waals surface area contributed by atoms with E-state index >= 15 is 0 Å². The molecule has 4 heteroatoms. The lowest BCUT2D eigenvalue weighted by molar-refractivity contribution is 0.472. The summed E-state index contributed by atoms with van der Waals surface area (Å²) in [6.45, 7) is 3.60. The van der Waals surface area contributed by atoms with Crippen LogP contribution in [-0.2, 0) is 4.57 Å². The zero-order valence-corrected chi connectivity index (χ0v) is 5.40. The highest BCUT2D eigenvalue weighted by Gasteiger charge is 2.03. The van der Waals surface area contributed by atoms with Crippen LogP contribution < -0.4 is 5.09 Å². The summed E-state index contributed by atoms with van der Waals surface area (Å²) >= 11 is 0. The van der Waals surface area contributed by atoms with E-state index in [1.807, 2.05) is 0 Å². The first kappa shape index (κ1) is 7.15. The molecule has 0 amide bonds. The fourth-order valence-electron chi connectivity index (χ4n) is 0.293. The number of rotatable bonds is 2. The van der Waals surface area contributed by atoms with Gasteiger partial charge < -0.3 is 4.89 Å². The fourth-order valence-corrected chi connectivity index (χ4v) is 0.880. The van der Waals surface area contributed by atoms with Gasteiger partial charge in [-0.3, -0.25) is 4.57 Å². The maximum Gasteiger partial charge on any atom is 0.264 e. The van der Waals surface area contributed by atoms with Crippen LogP contribution in [0.5, 0.6) is 0 Å². The van der Waals surface area contributed by atoms with E-state index in [4.69, 9.17) is 4.89 Å². The van der Waals surface area contributed by atoms with Gasteiger partial charge in [0.05, 0.1) is 0 Å². The van der Waals surface area contributed by atoms with Crippen molar-refractivity contribution in [3.63, 3.8) is 0 Å². The van der Waals surface area contributed by atoms with Crippen LogP contribution >= 0.6 is 7.52 Å². The van der Waals surface area contributed by atoms with E-state index in [1.54, 1.807) is 6.92 Å². The summed E-state index contributed by atoms with van der Waals surface area (Å²) in [5.41, 5.74) is 0. The van der Waals surface area contributed by atoms with E-state index in [0.29, 0.717) is 6.54 Å². The lowest BCUT2D eigenvalue weighted by Gasteiger charge is -2.01. The Hall–Kier alpha value is 0.150. The summed E-state index contributed by atoms with van der Waals surface area (Å²) in [5.74, 6) is 0. The van der Waals surface area contributed by atoms with Gasteiger partial charge in [0.25, 0.3) is 7.52 Å². The zero-order chi connectivity index (χ0) is 5.91. The smallest absolute Gasteiger partial charge is 0.264 e. The second kappa shape index (κ2) is 2.46. The van der Waals surface area contributed by atoms with Crippen molar-refractivity contribution < 1.29 is 9.46 Å². The lowest BCUT2D eigenvalue weighted by atomic mass is 10.8. The summed E-state index contributed by atoms with van der Waals surface area (Å²) in [4.78, 5) is 8.46. The fraction of sp³-hybridized carbons (Fsp3) is 1.00. The SMILES string of the molecule is CCNP(C)(=O)O. The van der Waals surface area contributed by atoms with Crippen molar-refractivity contribution >= 4 is 7.52 Å². The van der Waals surface area contributed by atoms with Gasteiger partial charge in [-0.2, -0.15) is 0 Å². The zero-order valence-electron chi connectivity index (χ0n) is 4.51. The Morgan fingerprint density at radius 3 is 2.29 bits per heavy atom. The average molecular weight is 123 g/mol. The summed E-state index contributed by atoms with van der Waals surface area (Å²) in [7, 11) is -2.92. The van der Waals surface area contributed by atoms with Gasteiger partial charge >= 0.3 is 0 Å². The highest BCUT2D eigenvalue weighted by Crippen LogP contribution is 2.27. The number of hydrogen-bond acceptors (Lipinski definition) is 1. The molecule has 2 N–H and O–H groups in total. The first-order valence-corrected chi connectivity index (χ1v) is 4.22. The van der Waals surface area contributed by atoms with Gasteiger partial charge in [0.15, 0.2) is 0 Å². The van der Waals surface area contributed by atoms with Gasteiger partial charge in [-0.15, -0.1) is 0 Å². The molecule has 0 radical (unpaired) electrons. The average Bonchev–Trinajstić information content (AvgIpc) is 1.30. The minimum Gasteiger partial charge on any atom is -0.333 e. The van der Waals surface area contributed by atoms with E-state index in [9.17, 15) is 4.57 Å². The van der Waals surface area contributed by atoms with Crippen molar-refractivity contribution in [2.24, 2.45) is 0 Å². The van der Waals surface area contributed by atoms with Crippen LogP contribution in [0.1, 0.15) is 6.92 Å². The van der Waals surface area contributed by atoms with Gasteiger partial charge in [-0.05, 0) is 0 Å². The van der Waals surface area contributed by atoms with E-state index in [0.717, 1.165) is 0 Å². The maximum absolute atomic E-state index is 10.3. The molecule has 0 aliphatic carbocycles. The van der Waals surface area contributed by atoms with Gasteiger partial charge in [-0.1, -0.05) is 6.92 Å². The molecule has 3 nitrogen and oxygen atoms in total. The van der Waals surface area contributed by atoms with E-state index < -0.39 is 7.52 Å². The van der Waals surface area contributed by atoms with Crippen molar-refractivity contribution in [1.82, 2.24) is 5.09 Å². The Balaban J connectivity index is 3.36. The molecular weight excluding hydrogens is 113 g/mol. The highest BCUT2D eigenvalue weighted by molar-refractivity contribution is 7.54. The molecule has 44 valence electrons. The third kappa shape index (κ3) is 6.15. The molecule has 7 heavy (non-hydrogen) atoms. The molecule has 0 aromatic rings. The van der Waals surface area contributed by atoms with Crippen LogP contribution in [0.15, 0.2) is 0 Å². The van der Waals surface area contributed by atoms with Crippen LogP contribution in [0, 0.1) is 0 Å². The quantitative estimate of drug-likeness (QED) is 0.523. The lowest BCUT2D eigenvalue weighted by Crippen LogP contribution is -2.06. The van der Waals surface area contributed by atoms with Crippen LogP contribution in [0.25, 0.3) is 0 Å². The van der Waals surface area contributed by atoms with Crippen molar-refractivity contribution in [1.29, 1.82) is 0 Å². The van der Waals surface area contributed by atoms with Crippen LogP contribution in [0.4, 0.5) is 0 Å². The molecule has 0 aromatic heterocycles. The molecule has 1 atom stereocenters. The Kier molecular flexibility index (Phi) is 2.51. The van der Waals surface area contributed by atoms with Crippen LogP contribution in [0.2, 0.25) is 0 Å². The number of nitrogens with one attached hydrogen (secondary N) is 1. The molecule has 1 unspecified atom stereocenters. The monoisotopic (exact) mass is 123 g/mol. The Bertz CT molecular complexity index is 86.9. The normalized spacial score (nSPS) is 18.7. The molecule has 0 aromatic carbocycles. The Labute approximate surface area is 43.2 Å². The van der Waals surface area contributed by atoms with Gasteiger partial charge in [0.1, 0.15) is 0 Å². The largest absolute Gasteiger partial charge is 0.333 e. The topological polar surface area (TPSA) is 49.3 Å². The van der Waals surface area contributed by atoms with Gasteiger partial charge in [0, 0.05) is 13.2 Å². The summed E-state index contributed by atoms with van der Waals surface area (Å²) in [6, 6.07) is 0. The second-order valence-corrected chi connectivity index (χ2v) is 3.47. The van der Waals surface area contributed by atoms with Crippen molar-refractivity contribution in [3.05, 3.63) is 0 Å². The van der Waals surface area contributed by atoms with E-state index in [1.165, 1.54) is 6.66 Å². The molecule has 0 spiro atoms. The standard InChI is InChI=1S/C3H10NO2P/c1-3-4-7(2,5)6/h3H2,1-2H3,(H2,4,5,6). The van der Waals surface area contributed by atoms with Gasteiger partial charge in [0.2, 0.25) is 0 Å². The Morgan fingerprint density at radius 2 is 2.29 bits per heavy atom. The minimum atomic E-state index is -2.92. The van der Waals surface area contributed by atoms with E-state index in [-0.39, 0.29) is 0 Å². The highest BCUT2D eigenvalue weighted by atomic mass is 31.2. The predicted molar refractivity (Wildman–Crippen MR) is 29.4 cm³/mol. The van der Waals surface area contributed by atoms with Crippen LogP contribution in [-0.4, -0.2) is 18.1 Å². The Morgan fingerprint density at radius 1 is 1.86 bits per heavy atom. The summed E-state index contributed by atoms with van der Waals surface area (Å²) < 4.78 is 10.3. The molecule has 0 rings (SSSR count). The molecule has 0 aliphatic rings. The predicted octanol–water partition coefficient (Wildman–Crippen LogP) is 0.411. The molecule has 0 bridgehead atoms. The molecule has 0 fully saturated rings. The molecule has 0 saturated carbocycles. The number of hydrogen-bond donors (Lipinski definition) is 2. The van der Waals surface area contributed by atoms with Crippen molar-refractivity contribution in [2.75, 3.05) is 13.2 Å². The maximum atomic E-state index is 10.3. The van der Waals surface area contributed by atoms with Crippen molar-refractivity contribution in [2.45, 2.75) is 6.92 Å². The molecular formula is C3H10NO2P. The minimum absolute atomic E-state index is 0.546. The second-order valence-electron chi connectivity index (χ2n) is 1.39. The third-order valence-corrected chi connectivity index (χ3v) is 1.35. The summed E-state index contributed by atoms with van der Waals surface area (Å²) in [6.07, 6.45) is 0. The first-order chi connectivity index (χ1) is 3.06. The first-order valence-electron chi connectivity index (χ1n) is 2.11. The molecule has 0 heterocycles.